The molecule has 1 N–H and O–H groups in total. The zero-order valence-corrected chi connectivity index (χ0v) is 22.4. The van der Waals surface area contributed by atoms with Crippen molar-refractivity contribution in [3.8, 4) is 0 Å². The van der Waals surface area contributed by atoms with E-state index in [0.717, 1.165) is 31.8 Å². The molecule has 0 amide bonds. The first-order valence-electron chi connectivity index (χ1n) is 13.3. The molecule has 34 heavy (non-hydrogen) atoms. The normalized spacial score (nSPS) is 25.8. The van der Waals surface area contributed by atoms with Crippen molar-refractivity contribution >= 4 is 12.0 Å². The molecule has 2 saturated carbocycles. The maximum atomic E-state index is 12.6. The van der Waals surface area contributed by atoms with E-state index in [1.54, 1.807) is 7.11 Å². The second kappa shape index (κ2) is 11.9. The Morgan fingerprint density at radius 1 is 1.06 bits per heavy atom. The third-order valence-electron chi connectivity index (χ3n) is 7.44. The minimum Gasteiger partial charge on any atom is -0.460 e. The van der Waals surface area contributed by atoms with Crippen LogP contribution in [-0.2, 0) is 14.3 Å². The van der Waals surface area contributed by atoms with Gasteiger partial charge in [-0.15, -0.1) is 0 Å². The summed E-state index contributed by atoms with van der Waals surface area (Å²) in [6.07, 6.45) is 11.7. The lowest BCUT2D eigenvalue weighted by atomic mass is 9.78. The van der Waals surface area contributed by atoms with Crippen LogP contribution in [-0.4, -0.2) is 37.4 Å². The summed E-state index contributed by atoms with van der Waals surface area (Å²) in [7, 11) is 1.79. The number of carbonyl (C=O) groups excluding carboxylic acids is 1. The van der Waals surface area contributed by atoms with E-state index in [9.17, 15) is 4.79 Å². The van der Waals surface area contributed by atoms with Gasteiger partial charge < -0.3 is 14.8 Å². The van der Waals surface area contributed by atoms with Crippen LogP contribution in [0, 0.1) is 17.3 Å². The Kier molecular flexibility index (Phi) is 9.40. The topological polar surface area (TPSA) is 47.6 Å². The fraction of sp³-hybridized carbons (Fsp3) is 0.700. The molecule has 0 aliphatic heterocycles. The number of esters is 1. The van der Waals surface area contributed by atoms with Crippen LogP contribution in [0.2, 0.25) is 0 Å². The summed E-state index contributed by atoms with van der Waals surface area (Å²) in [5.41, 5.74) is 1.98. The van der Waals surface area contributed by atoms with Crippen molar-refractivity contribution in [3.63, 3.8) is 0 Å². The summed E-state index contributed by atoms with van der Waals surface area (Å²) in [4.78, 5) is 12.6. The molecule has 0 unspecified atom stereocenters. The van der Waals surface area contributed by atoms with Crippen molar-refractivity contribution in [2.75, 3.05) is 13.7 Å². The molecule has 4 heteroatoms. The van der Waals surface area contributed by atoms with Gasteiger partial charge in [0, 0.05) is 25.8 Å². The number of rotatable bonds is 11. The molecule has 2 fully saturated rings. The van der Waals surface area contributed by atoms with E-state index in [4.69, 9.17) is 9.47 Å². The van der Waals surface area contributed by atoms with Crippen LogP contribution >= 0.6 is 0 Å². The zero-order valence-electron chi connectivity index (χ0n) is 22.4. The highest BCUT2D eigenvalue weighted by atomic mass is 16.6. The molecule has 0 radical (unpaired) electrons. The molecule has 0 heterocycles. The molecular weight excluding hydrogens is 422 g/mol. The van der Waals surface area contributed by atoms with Gasteiger partial charge in [-0.05, 0) is 103 Å². The first-order valence-corrected chi connectivity index (χ1v) is 13.3. The van der Waals surface area contributed by atoms with E-state index < -0.39 is 11.0 Å². The van der Waals surface area contributed by atoms with Gasteiger partial charge in [-0.3, -0.25) is 4.79 Å². The Bertz CT molecular complexity index is 800. The number of benzene rings is 1. The van der Waals surface area contributed by atoms with E-state index in [0.29, 0.717) is 18.0 Å². The third kappa shape index (κ3) is 8.53. The molecular formula is C30H47NO3. The maximum Gasteiger partial charge on any atom is 0.312 e. The monoisotopic (exact) mass is 469 g/mol. The molecule has 4 nitrogen and oxygen atoms in total. The molecule has 1 aromatic carbocycles. The number of carbonyl (C=O) groups is 1. The van der Waals surface area contributed by atoms with Crippen LogP contribution in [0.4, 0.5) is 0 Å². The molecule has 2 aliphatic rings. The average molecular weight is 470 g/mol. The summed E-state index contributed by atoms with van der Waals surface area (Å²) in [5, 5.41) is 3.97. The maximum absolute atomic E-state index is 12.6. The highest BCUT2D eigenvalue weighted by Gasteiger charge is 2.41. The van der Waals surface area contributed by atoms with Gasteiger partial charge in [-0.1, -0.05) is 42.0 Å². The average Bonchev–Trinajstić information content (AvgIpc) is 3.54. The predicted molar refractivity (Wildman–Crippen MR) is 141 cm³/mol. The van der Waals surface area contributed by atoms with Gasteiger partial charge in [0.2, 0.25) is 0 Å². The molecule has 190 valence electrons. The van der Waals surface area contributed by atoms with Crippen molar-refractivity contribution in [1.82, 2.24) is 5.32 Å². The number of ether oxygens (including phenoxy) is 2. The van der Waals surface area contributed by atoms with Gasteiger partial charge in [-0.2, -0.15) is 0 Å². The molecule has 2 aliphatic carbocycles. The predicted octanol–water partition coefficient (Wildman–Crippen LogP) is 6.79. The fourth-order valence-electron chi connectivity index (χ4n) is 5.14. The van der Waals surface area contributed by atoms with E-state index >= 15 is 0 Å². The van der Waals surface area contributed by atoms with Gasteiger partial charge in [0.1, 0.15) is 5.60 Å². The van der Waals surface area contributed by atoms with Crippen molar-refractivity contribution in [1.29, 1.82) is 0 Å². The summed E-state index contributed by atoms with van der Waals surface area (Å²) in [6.45, 7) is 10.7. The van der Waals surface area contributed by atoms with E-state index in [-0.39, 0.29) is 5.97 Å². The largest absolute Gasteiger partial charge is 0.460 e. The van der Waals surface area contributed by atoms with Gasteiger partial charge in [0.15, 0.2) is 0 Å². The first kappa shape index (κ1) is 26.9. The van der Waals surface area contributed by atoms with E-state index in [2.05, 4.69) is 41.7 Å². The van der Waals surface area contributed by atoms with Crippen molar-refractivity contribution < 1.29 is 14.3 Å². The van der Waals surface area contributed by atoms with Crippen LogP contribution in [0.3, 0.4) is 0 Å². The van der Waals surface area contributed by atoms with Crippen LogP contribution in [0.15, 0.2) is 35.9 Å². The lowest BCUT2D eigenvalue weighted by Crippen LogP contribution is -2.36. The van der Waals surface area contributed by atoms with Gasteiger partial charge in [0.05, 0.1) is 5.41 Å². The number of methoxy groups -OCH3 is 1. The number of hydrogen-bond donors (Lipinski definition) is 1. The summed E-state index contributed by atoms with van der Waals surface area (Å²) in [5.74, 6) is 1.30. The summed E-state index contributed by atoms with van der Waals surface area (Å²) < 4.78 is 11.0. The third-order valence-corrected chi connectivity index (χ3v) is 7.44. The molecule has 0 aromatic heterocycles. The molecule has 2 atom stereocenters. The Balaban J connectivity index is 1.42. The number of hydrogen-bond acceptors (Lipinski definition) is 4. The molecule has 1 aromatic rings. The van der Waals surface area contributed by atoms with Crippen LogP contribution in [0.5, 0.6) is 0 Å². The number of nitrogens with one attached hydrogen (secondary N) is 1. The van der Waals surface area contributed by atoms with Crippen LogP contribution in [0.1, 0.15) is 91.5 Å². The molecule has 0 bridgehead atoms. The standard InChI is InChI=1S/C30H47NO3/c1-29(2,3)34-28(32)30(4,5)18-16-22-12-14-25(15-13-22)31-27-21-26(27)24(17-19-33-6)20-23-10-8-7-9-11-23/h7-11,20,22,25-27,31H,12-19,21H2,1-6H3/b24-20+/t22?,25?,26-,27+/m0/s1. The highest BCUT2D eigenvalue weighted by Crippen LogP contribution is 2.41. The SMILES string of the molecule is COCC/C(=C\c1ccccc1)[C@@H]1C[C@H]1NC1CCC(CCC(C)(C)C(=O)OC(C)(C)C)CC1. The Morgan fingerprint density at radius 3 is 2.35 bits per heavy atom. The zero-order chi connectivity index (χ0) is 24.8. The smallest absolute Gasteiger partial charge is 0.312 e. The summed E-state index contributed by atoms with van der Waals surface area (Å²) in [6, 6.07) is 11.9. The van der Waals surface area contributed by atoms with Crippen LogP contribution < -0.4 is 5.32 Å². The Hall–Kier alpha value is -1.65. The highest BCUT2D eigenvalue weighted by molar-refractivity contribution is 5.76. The minimum absolute atomic E-state index is 0.0667. The molecule has 0 spiro atoms. The van der Waals surface area contributed by atoms with Gasteiger partial charge >= 0.3 is 5.97 Å². The van der Waals surface area contributed by atoms with E-state index in [1.165, 1.54) is 43.2 Å². The van der Waals surface area contributed by atoms with Gasteiger partial charge in [-0.25, -0.2) is 0 Å². The fourth-order valence-corrected chi connectivity index (χ4v) is 5.14. The Labute approximate surface area is 207 Å². The van der Waals surface area contributed by atoms with Gasteiger partial charge in [0.25, 0.3) is 0 Å². The first-order chi connectivity index (χ1) is 16.1. The summed E-state index contributed by atoms with van der Waals surface area (Å²) >= 11 is 0. The van der Waals surface area contributed by atoms with Crippen LogP contribution in [0.25, 0.3) is 6.08 Å². The van der Waals surface area contributed by atoms with Crippen molar-refractivity contribution in [2.45, 2.75) is 104 Å². The van der Waals surface area contributed by atoms with Crippen molar-refractivity contribution in [2.24, 2.45) is 17.3 Å². The second-order valence-corrected chi connectivity index (χ2v) is 12.1. The molecule has 0 saturated heterocycles. The minimum atomic E-state index is -0.418. The molecule has 3 rings (SSSR count). The second-order valence-electron chi connectivity index (χ2n) is 12.1. The Morgan fingerprint density at radius 2 is 1.74 bits per heavy atom. The van der Waals surface area contributed by atoms with E-state index in [1.807, 2.05) is 34.6 Å². The lowest BCUT2D eigenvalue weighted by molar-refractivity contribution is -0.166. The quantitative estimate of drug-likeness (QED) is 0.362. The van der Waals surface area contributed by atoms with Crippen molar-refractivity contribution in [3.05, 3.63) is 41.5 Å². The lowest BCUT2D eigenvalue weighted by Gasteiger charge is -2.32.